The molecule has 1 heterocycles. The van der Waals surface area contributed by atoms with Crippen LogP contribution in [0.1, 0.15) is 38.7 Å². The Kier molecular flexibility index (Phi) is 6.38. The van der Waals surface area contributed by atoms with E-state index in [-0.39, 0.29) is 12.6 Å². The molecule has 0 fully saturated rings. The van der Waals surface area contributed by atoms with Crippen LogP contribution in [0.5, 0.6) is 0 Å². The lowest BCUT2D eigenvalue weighted by Crippen LogP contribution is -2.20. The standard InChI is InChI=1S/C12H23N5O/c1-3-5-10-11(14-8-15-12(10)17-13)16-9(2)6-4-7-18/h8-9,18H,3-7,13H2,1-2H3,(H2,14,15,16,17). The molecule has 18 heavy (non-hydrogen) atoms. The van der Waals surface area contributed by atoms with Gasteiger partial charge in [-0.1, -0.05) is 13.3 Å². The van der Waals surface area contributed by atoms with Crippen LogP contribution in [0.4, 0.5) is 11.6 Å². The Morgan fingerprint density at radius 2 is 2.11 bits per heavy atom. The molecule has 1 aromatic rings. The minimum Gasteiger partial charge on any atom is -0.396 e. The van der Waals surface area contributed by atoms with E-state index in [9.17, 15) is 0 Å². The van der Waals surface area contributed by atoms with Gasteiger partial charge in [0.1, 0.15) is 18.0 Å². The number of aliphatic hydroxyl groups is 1. The molecule has 0 radical (unpaired) electrons. The first-order valence-electron chi connectivity index (χ1n) is 6.40. The molecule has 1 unspecified atom stereocenters. The van der Waals surface area contributed by atoms with Gasteiger partial charge < -0.3 is 15.8 Å². The topological polar surface area (TPSA) is 96.1 Å². The molecular weight excluding hydrogens is 230 g/mol. The van der Waals surface area contributed by atoms with Gasteiger partial charge in [0, 0.05) is 18.2 Å². The third-order valence-corrected chi connectivity index (χ3v) is 2.76. The summed E-state index contributed by atoms with van der Waals surface area (Å²) in [5.41, 5.74) is 3.62. The quantitative estimate of drug-likeness (QED) is 0.412. The van der Waals surface area contributed by atoms with Gasteiger partial charge >= 0.3 is 0 Å². The Morgan fingerprint density at radius 3 is 2.72 bits per heavy atom. The van der Waals surface area contributed by atoms with Crippen molar-refractivity contribution in [2.24, 2.45) is 5.84 Å². The largest absolute Gasteiger partial charge is 0.396 e. The van der Waals surface area contributed by atoms with Crippen molar-refractivity contribution >= 4 is 11.6 Å². The number of nitrogens with one attached hydrogen (secondary N) is 2. The smallest absolute Gasteiger partial charge is 0.148 e. The summed E-state index contributed by atoms with van der Waals surface area (Å²) in [5.74, 6) is 6.95. The van der Waals surface area contributed by atoms with Crippen LogP contribution in [0.2, 0.25) is 0 Å². The normalized spacial score (nSPS) is 12.2. The van der Waals surface area contributed by atoms with E-state index in [1.54, 1.807) is 0 Å². The number of aromatic nitrogens is 2. The zero-order valence-electron chi connectivity index (χ0n) is 11.1. The summed E-state index contributed by atoms with van der Waals surface area (Å²) in [7, 11) is 0. The van der Waals surface area contributed by atoms with Crippen molar-refractivity contribution in [3.63, 3.8) is 0 Å². The molecular formula is C12H23N5O. The van der Waals surface area contributed by atoms with E-state index in [0.29, 0.717) is 5.82 Å². The molecule has 5 N–H and O–H groups in total. The van der Waals surface area contributed by atoms with Crippen molar-refractivity contribution in [1.29, 1.82) is 0 Å². The third kappa shape index (κ3) is 4.12. The molecule has 0 aromatic carbocycles. The molecule has 102 valence electrons. The van der Waals surface area contributed by atoms with Crippen LogP contribution in [0, 0.1) is 0 Å². The average molecular weight is 253 g/mol. The summed E-state index contributed by atoms with van der Waals surface area (Å²) in [6.07, 6.45) is 5.05. The summed E-state index contributed by atoms with van der Waals surface area (Å²) >= 11 is 0. The van der Waals surface area contributed by atoms with Crippen LogP contribution >= 0.6 is 0 Å². The second kappa shape index (κ2) is 7.84. The van der Waals surface area contributed by atoms with Gasteiger partial charge in [-0.3, -0.25) is 0 Å². The highest BCUT2D eigenvalue weighted by Gasteiger charge is 2.11. The van der Waals surface area contributed by atoms with E-state index in [1.165, 1.54) is 6.33 Å². The number of hydrazine groups is 1. The minimum atomic E-state index is 0.215. The highest BCUT2D eigenvalue weighted by Crippen LogP contribution is 2.21. The van der Waals surface area contributed by atoms with Crippen molar-refractivity contribution in [2.75, 3.05) is 17.3 Å². The second-order valence-corrected chi connectivity index (χ2v) is 4.35. The molecule has 0 aliphatic heterocycles. The summed E-state index contributed by atoms with van der Waals surface area (Å²) in [4.78, 5) is 8.39. The van der Waals surface area contributed by atoms with Crippen molar-refractivity contribution in [1.82, 2.24) is 9.97 Å². The van der Waals surface area contributed by atoms with Crippen LogP contribution in [0.15, 0.2) is 6.33 Å². The molecule has 0 aliphatic carbocycles. The Labute approximate surface area is 108 Å². The first-order valence-corrected chi connectivity index (χ1v) is 6.40. The van der Waals surface area contributed by atoms with Crippen molar-refractivity contribution in [2.45, 2.75) is 45.6 Å². The molecule has 0 amide bonds. The van der Waals surface area contributed by atoms with Crippen LogP contribution in [-0.2, 0) is 6.42 Å². The predicted molar refractivity (Wildman–Crippen MR) is 73.2 cm³/mol. The van der Waals surface area contributed by atoms with Crippen LogP contribution < -0.4 is 16.6 Å². The van der Waals surface area contributed by atoms with Gasteiger partial charge in [0.25, 0.3) is 0 Å². The summed E-state index contributed by atoms with van der Waals surface area (Å²) < 4.78 is 0. The van der Waals surface area contributed by atoms with Gasteiger partial charge in [0.05, 0.1) is 0 Å². The minimum absolute atomic E-state index is 0.215. The number of nitrogens with two attached hydrogens (primary N) is 1. The van der Waals surface area contributed by atoms with Gasteiger partial charge in [-0.15, -0.1) is 0 Å². The number of nitrogens with zero attached hydrogens (tertiary/aromatic N) is 2. The molecule has 1 atom stereocenters. The van der Waals surface area contributed by atoms with E-state index in [0.717, 1.165) is 37.1 Å². The Balaban J connectivity index is 2.79. The van der Waals surface area contributed by atoms with Crippen molar-refractivity contribution < 1.29 is 5.11 Å². The molecule has 6 nitrogen and oxygen atoms in total. The lowest BCUT2D eigenvalue weighted by molar-refractivity contribution is 0.282. The fourth-order valence-corrected chi connectivity index (χ4v) is 1.85. The number of aliphatic hydroxyl groups excluding tert-OH is 1. The molecule has 0 bridgehead atoms. The fourth-order valence-electron chi connectivity index (χ4n) is 1.85. The first-order chi connectivity index (χ1) is 8.72. The lowest BCUT2D eigenvalue weighted by atomic mass is 10.1. The highest BCUT2D eigenvalue weighted by molar-refractivity contribution is 5.57. The zero-order valence-corrected chi connectivity index (χ0v) is 11.1. The van der Waals surface area contributed by atoms with Gasteiger partial charge in [-0.2, -0.15) is 0 Å². The molecule has 6 heteroatoms. The van der Waals surface area contributed by atoms with Gasteiger partial charge in [-0.05, 0) is 26.2 Å². The Hall–Kier alpha value is -1.40. The van der Waals surface area contributed by atoms with E-state index in [4.69, 9.17) is 10.9 Å². The summed E-state index contributed by atoms with van der Waals surface area (Å²) in [6, 6.07) is 0.258. The summed E-state index contributed by atoms with van der Waals surface area (Å²) in [6.45, 7) is 4.39. The summed E-state index contributed by atoms with van der Waals surface area (Å²) in [5, 5.41) is 12.2. The van der Waals surface area contributed by atoms with E-state index in [1.807, 2.05) is 0 Å². The average Bonchev–Trinajstić information content (AvgIpc) is 2.38. The molecule has 0 spiro atoms. The van der Waals surface area contributed by atoms with Crippen LogP contribution in [0.3, 0.4) is 0 Å². The maximum absolute atomic E-state index is 8.82. The monoisotopic (exact) mass is 253 g/mol. The van der Waals surface area contributed by atoms with E-state index in [2.05, 4.69) is 34.6 Å². The molecule has 0 saturated carbocycles. The number of hydrogen-bond donors (Lipinski definition) is 4. The van der Waals surface area contributed by atoms with Crippen molar-refractivity contribution in [3.05, 3.63) is 11.9 Å². The molecule has 0 aliphatic rings. The first kappa shape index (κ1) is 14.7. The number of anilines is 2. The molecule has 0 saturated heterocycles. The van der Waals surface area contributed by atoms with E-state index < -0.39 is 0 Å². The molecule has 1 aromatic heterocycles. The van der Waals surface area contributed by atoms with Gasteiger partial charge in [0.2, 0.25) is 0 Å². The van der Waals surface area contributed by atoms with Gasteiger partial charge in [-0.25, -0.2) is 15.8 Å². The number of nitrogen functional groups attached to an aromatic ring is 1. The Bertz CT molecular complexity index is 358. The van der Waals surface area contributed by atoms with Crippen molar-refractivity contribution in [3.8, 4) is 0 Å². The van der Waals surface area contributed by atoms with Gasteiger partial charge in [0.15, 0.2) is 0 Å². The Morgan fingerprint density at radius 1 is 1.39 bits per heavy atom. The lowest BCUT2D eigenvalue weighted by Gasteiger charge is -2.18. The fraction of sp³-hybridized carbons (Fsp3) is 0.667. The number of rotatable bonds is 8. The molecule has 1 rings (SSSR count). The predicted octanol–water partition coefficient (Wildman–Crippen LogP) is 1.29. The second-order valence-electron chi connectivity index (χ2n) is 4.35. The van der Waals surface area contributed by atoms with Crippen LogP contribution in [-0.4, -0.2) is 27.7 Å². The maximum atomic E-state index is 8.82. The third-order valence-electron chi connectivity index (χ3n) is 2.76. The zero-order chi connectivity index (χ0) is 13.4. The number of hydrogen-bond acceptors (Lipinski definition) is 6. The maximum Gasteiger partial charge on any atom is 0.148 e. The highest BCUT2D eigenvalue weighted by atomic mass is 16.2. The van der Waals surface area contributed by atoms with E-state index >= 15 is 0 Å². The van der Waals surface area contributed by atoms with Crippen LogP contribution in [0.25, 0.3) is 0 Å². The SMILES string of the molecule is CCCc1c(NN)ncnc1NC(C)CCCO.